The van der Waals surface area contributed by atoms with Gasteiger partial charge in [-0.25, -0.2) is 0 Å². The molecule has 0 saturated heterocycles. The molecule has 0 aliphatic carbocycles. The topological polar surface area (TPSA) is 0 Å². The molecule has 0 N–H and O–H groups in total. The molecule has 13 heavy (non-hydrogen) atoms. The van der Waals surface area contributed by atoms with Gasteiger partial charge >= 0.3 is 0 Å². The summed E-state index contributed by atoms with van der Waals surface area (Å²) >= 11 is 0. The first-order valence-corrected chi connectivity index (χ1v) is 4.91. The van der Waals surface area contributed by atoms with Gasteiger partial charge in [0.25, 0.3) is 0 Å². The van der Waals surface area contributed by atoms with Gasteiger partial charge in [0.05, 0.1) is 0 Å². The van der Waals surface area contributed by atoms with Gasteiger partial charge in [-0.1, -0.05) is 36.8 Å². The van der Waals surface area contributed by atoms with E-state index in [1.807, 2.05) is 0 Å². The molecule has 0 fully saturated rings. The molecule has 0 nitrogen and oxygen atoms in total. The fraction of sp³-hybridized carbons (Fsp3) is 0.385. The lowest BCUT2D eigenvalue weighted by Gasteiger charge is -1.99. The van der Waals surface area contributed by atoms with Gasteiger partial charge in [0.2, 0.25) is 0 Å². The summed E-state index contributed by atoms with van der Waals surface area (Å²) < 4.78 is 0. The Bertz CT molecular complexity index is 253. The zero-order valence-corrected chi connectivity index (χ0v) is 8.00. The van der Waals surface area contributed by atoms with Gasteiger partial charge in [-0.2, -0.15) is 0 Å². The summed E-state index contributed by atoms with van der Waals surface area (Å²) in [6, 6.07) is 10.6. The van der Waals surface area contributed by atoms with Crippen LogP contribution in [0.2, 0.25) is 0 Å². The van der Waals surface area contributed by atoms with Crippen molar-refractivity contribution < 1.29 is 0 Å². The molecule has 1 aromatic rings. The van der Waals surface area contributed by atoms with Crippen molar-refractivity contribution in [2.45, 2.75) is 32.1 Å². The number of terminal acetylenes is 1. The number of rotatable bonds is 5. The minimum absolute atomic E-state index is 0.925. The van der Waals surface area contributed by atoms with Crippen molar-refractivity contribution >= 4 is 0 Å². The highest BCUT2D eigenvalue weighted by molar-refractivity contribution is 5.14. The maximum Gasteiger partial charge on any atom is 0.00860 e. The monoisotopic (exact) mass is 172 g/mol. The average Bonchev–Trinajstić information content (AvgIpc) is 2.19. The van der Waals surface area contributed by atoms with Crippen LogP contribution in [-0.2, 0) is 6.42 Å². The van der Waals surface area contributed by atoms with E-state index in [1.165, 1.54) is 31.2 Å². The highest BCUT2D eigenvalue weighted by atomic mass is 14.0. The standard InChI is InChI=1S/C13H16/c1-2-3-4-5-7-10-13-11-8-6-9-12-13/h1,6,8-9,11-12H,3-5,7,10H2. The van der Waals surface area contributed by atoms with Crippen molar-refractivity contribution in [3.8, 4) is 12.3 Å². The molecular weight excluding hydrogens is 156 g/mol. The van der Waals surface area contributed by atoms with Crippen molar-refractivity contribution in [2.75, 3.05) is 0 Å². The molecule has 0 aliphatic rings. The van der Waals surface area contributed by atoms with Crippen LogP contribution in [0.15, 0.2) is 30.3 Å². The molecule has 1 rings (SSSR count). The smallest absolute Gasteiger partial charge is 0.00860 e. The lowest BCUT2D eigenvalue weighted by molar-refractivity contribution is 0.693. The molecule has 0 saturated carbocycles. The van der Waals surface area contributed by atoms with E-state index < -0.39 is 0 Å². The van der Waals surface area contributed by atoms with E-state index in [-0.39, 0.29) is 0 Å². The molecule has 1 aromatic carbocycles. The normalized spacial score (nSPS) is 9.46. The van der Waals surface area contributed by atoms with Crippen LogP contribution in [0.1, 0.15) is 31.2 Å². The molecule has 0 heterocycles. The van der Waals surface area contributed by atoms with E-state index in [1.54, 1.807) is 0 Å². The van der Waals surface area contributed by atoms with Crippen LogP contribution >= 0.6 is 0 Å². The maximum atomic E-state index is 5.17. The van der Waals surface area contributed by atoms with Gasteiger partial charge in [0, 0.05) is 6.42 Å². The minimum atomic E-state index is 0.925. The zero-order valence-electron chi connectivity index (χ0n) is 8.00. The van der Waals surface area contributed by atoms with Gasteiger partial charge in [-0.05, 0) is 24.8 Å². The second kappa shape index (κ2) is 6.31. The Balaban J connectivity index is 2.11. The summed E-state index contributed by atoms with van der Waals surface area (Å²) in [4.78, 5) is 0. The van der Waals surface area contributed by atoms with Crippen molar-refractivity contribution in [2.24, 2.45) is 0 Å². The predicted molar refractivity (Wildman–Crippen MR) is 57.4 cm³/mol. The van der Waals surface area contributed by atoms with Gasteiger partial charge < -0.3 is 0 Å². The fourth-order valence-corrected chi connectivity index (χ4v) is 1.38. The van der Waals surface area contributed by atoms with Crippen LogP contribution in [0.5, 0.6) is 0 Å². The van der Waals surface area contributed by atoms with Crippen molar-refractivity contribution in [3.05, 3.63) is 35.9 Å². The SMILES string of the molecule is C#CCCCCCc1ccccc1. The highest BCUT2D eigenvalue weighted by Gasteiger charge is 1.91. The van der Waals surface area contributed by atoms with Gasteiger partial charge in [-0.15, -0.1) is 12.3 Å². The Kier molecular flexibility index (Phi) is 4.79. The second-order valence-corrected chi connectivity index (χ2v) is 3.25. The number of aryl methyl sites for hydroxylation is 1. The van der Waals surface area contributed by atoms with Crippen molar-refractivity contribution in [1.29, 1.82) is 0 Å². The zero-order chi connectivity index (χ0) is 9.36. The molecule has 0 bridgehead atoms. The van der Waals surface area contributed by atoms with Gasteiger partial charge in [0.1, 0.15) is 0 Å². The van der Waals surface area contributed by atoms with Gasteiger partial charge in [0.15, 0.2) is 0 Å². The summed E-state index contributed by atoms with van der Waals surface area (Å²) in [6.07, 6.45) is 11.0. The summed E-state index contributed by atoms with van der Waals surface area (Å²) in [7, 11) is 0. The molecule has 0 radical (unpaired) electrons. The third-order valence-electron chi connectivity index (χ3n) is 2.13. The summed E-state index contributed by atoms with van der Waals surface area (Å²) in [5, 5.41) is 0. The van der Waals surface area contributed by atoms with Crippen LogP contribution in [0, 0.1) is 12.3 Å². The lowest BCUT2D eigenvalue weighted by Crippen LogP contribution is -1.84. The largest absolute Gasteiger partial charge is 0.120 e. The van der Waals surface area contributed by atoms with Crippen LogP contribution in [0.4, 0.5) is 0 Å². The van der Waals surface area contributed by atoms with Gasteiger partial charge in [-0.3, -0.25) is 0 Å². The predicted octanol–water partition coefficient (Wildman–Crippen LogP) is 3.42. The van der Waals surface area contributed by atoms with E-state index in [0.29, 0.717) is 0 Å². The fourth-order valence-electron chi connectivity index (χ4n) is 1.38. The molecule has 0 aliphatic heterocycles. The van der Waals surface area contributed by atoms with Crippen LogP contribution in [0.25, 0.3) is 0 Å². The van der Waals surface area contributed by atoms with E-state index in [9.17, 15) is 0 Å². The molecule has 0 atom stereocenters. The van der Waals surface area contributed by atoms with Crippen LogP contribution < -0.4 is 0 Å². The molecule has 0 spiro atoms. The van der Waals surface area contributed by atoms with Crippen LogP contribution in [0.3, 0.4) is 0 Å². The Morgan fingerprint density at radius 1 is 1.00 bits per heavy atom. The number of unbranched alkanes of at least 4 members (excludes halogenated alkanes) is 3. The minimum Gasteiger partial charge on any atom is -0.120 e. The number of benzene rings is 1. The highest BCUT2D eigenvalue weighted by Crippen LogP contribution is 2.06. The Hall–Kier alpha value is -1.22. The quantitative estimate of drug-likeness (QED) is 0.471. The number of hydrogen-bond donors (Lipinski definition) is 0. The summed E-state index contributed by atoms with van der Waals surface area (Å²) in [6.45, 7) is 0. The van der Waals surface area contributed by atoms with E-state index in [4.69, 9.17) is 6.42 Å². The first kappa shape index (κ1) is 9.86. The van der Waals surface area contributed by atoms with Crippen LogP contribution in [-0.4, -0.2) is 0 Å². The molecule has 0 aromatic heterocycles. The average molecular weight is 172 g/mol. The third-order valence-corrected chi connectivity index (χ3v) is 2.13. The van der Waals surface area contributed by atoms with E-state index >= 15 is 0 Å². The summed E-state index contributed by atoms with van der Waals surface area (Å²) in [5.41, 5.74) is 1.43. The molecule has 0 unspecified atom stereocenters. The third kappa shape index (κ3) is 4.38. The first-order valence-electron chi connectivity index (χ1n) is 4.91. The van der Waals surface area contributed by atoms with Crippen molar-refractivity contribution in [3.63, 3.8) is 0 Å². The first-order chi connectivity index (χ1) is 6.43. The van der Waals surface area contributed by atoms with E-state index in [2.05, 4.69) is 36.3 Å². The Morgan fingerprint density at radius 3 is 2.46 bits per heavy atom. The summed E-state index contributed by atoms with van der Waals surface area (Å²) in [5.74, 6) is 2.67. The lowest BCUT2D eigenvalue weighted by atomic mass is 10.1. The second-order valence-electron chi connectivity index (χ2n) is 3.25. The van der Waals surface area contributed by atoms with E-state index in [0.717, 1.165) is 6.42 Å². The maximum absolute atomic E-state index is 5.17. The molecular formula is C13H16. The molecule has 68 valence electrons. The molecule has 0 amide bonds. The molecule has 0 heteroatoms. The Labute approximate surface area is 81.0 Å². The number of hydrogen-bond acceptors (Lipinski definition) is 0. The Morgan fingerprint density at radius 2 is 1.77 bits per heavy atom. The van der Waals surface area contributed by atoms with Crippen molar-refractivity contribution in [1.82, 2.24) is 0 Å².